The maximum atomic E-state index is 14.4. The average Bonchev–Trinajstić information content (AvgIpc) is 2.86. The number of carboxylic acids is 1. The normalized spacial score (nSPS) is 39.2. The van der Waals surface area contributed by atoms with Crippen LogP contribution in [0.2, 0.25) is 0 Å². The molecule has 1 aliphatic heterocycles. The Labute approximate surface area is 223 Å². The van der Waals surface area contributed by atoms with Gasteiger partial charge in [-0.3, -0.25) is 4.79 Å². The third kappa shape index (κ3) is 7.02. The molecule has 4 rings (SSSR count). The highest BCUT2D eigenvalue weighted by atomic mass is 32.2. The maximum Gasteiger partial charge on any atom is 0.391 e. The summed E-state index contributed by atoms with van der Waals surface area (Å²) in [7, 11) is -4.28. The van der Waals surface area contributed by atoms with Crippen molar-refractivity contribution in [1.82, 2.24) is 4.31 Å². The lowest BCUT2D eigenvalue weighted by Crippen LogP contribution is -2.58. The Kier molecular flexibility index (Phi) is 9.17. The van der Waals surface area contributed by atoms with Crippen molar-refractivity contribution in [3.8, 4) is 0 Å². The zero-order valence-electron chi connectivity index (χ0n) is 21.5. The smallest absolute Gasteiger partial charge is 0.391 e. The van der Waals surface area contributed by atoms with E-state index in [0.29, 0.717) is 12.8 Å². The molecule has 0 amide bonds. The highest BCUT2D eigenvalue weighted by Gasteiger charge is 2.52. The molecule has 226 valence electrons. The lowest BCUT2D eigenvalue weighted by Gasteiger charge is -2.48. The highest BCUT2D eigenvalue weighted by Crippen LogP contribution is 2.45. The molecule has 4 aliphatic rings. The molecule has 3 aliphatic carbocycles. The Morgan fingerprint density at radius 3 is 2.18 bits per heavy atom. The second kappa shape index (κ2) is 11.6. The fraction of sp³-hybridized carbons (Fsp3) is 0.960. The van der Waals surface area contributed by atoms with Crippen LogP contribution < -0.4 is 0 Å². The van der Waals surface area contributed by atoms with Gasteiger partial charge in [0.05, 0.1) is 35.7 Å². The second-order valence-corrected chi connectivity index (χ2v) is 14.0. The van der Waals surface area contributed by atoms with Gasteiger partial charge in [-0.25, -0.2) is 12.8 Å². The van der Waals surface area contributed by atoms with Crippen molar-refractivity contribution in [3.05, 3.63) is 0 Å². The van der Waals surface area contributed by atoms with E-state index in [0.717, 1.165) is 4.31 Å². The number of alkyl halides is 7. The fourth-order valence-electron chi connectivity index (χ4n) is 7.08. The number of hydrogen-bond acceptors (Lipinski definition) is 4. The lowest BCUT2D eigenvalue weighted by atomic mass is 9.75. The van der Waals surface area contributed by atoms with Crippen molar-refractivity contribution in [1.29, 1.82) is 0 Å². The molecule has 0 aromatic rings. The number of hydrogen-bond donors (Lipinski definition) is 1. The Morgan fingerprint density at radius 2 is 1.54 bits per heavy atom. The van der Waals surface area contributed by atoms with Gasteiger partial charge >= 0.3 is 18.3 Å². The number of nitrogens with zero attached hydrogens (tertiary/aromatic N) is 1. The molecule has 0 bridgehead atoms. The van der Waals surface area contributed by atoms with Gasteiger partial charge in [0.2, 0.25) is 10.0 Å². The summed E-state index contributed by atoms with van der Waals surface area (Å²) < 4.78 is 128. The number of fused-ring (bicyclic) bond motifs is 1. The van der Waals surface area contributed by atoms with Gasteiger partial charge in [0.15, 0.2) is 0 Å². The van der Waals surface area contributed by atoms with Crippen molar-refractivity contribution in [2.75, 3.05) is 13.2 Å². The van der Waals surface area contributed by atoms with E-state index in [1.807, 2.05) is 0 Å². The third-order valence-corrected chi connectivity index (χ3v) is 11.7. The number of halogens is 7. The SMILES string of the molecule is O=C(O)C1CC2CCC(OCC3CC(C(F)(F)F)CCC3F)CC2N(S(=O)(=O)C2CCCC(C(F)(F)F)C2)C1. The van der Waals surface area contributed by atoms with Gasteiger partial charge in [0.1, 0.15) is 6.17 Å². The molecule has 0 aromatic heterocycles. The van der Waals surface area contributed by atoms with Gasteiger partial charge in [-0.2, -0.15) is 30.6 Å². The van der Waals surface area contributed by atoms with Crippen LogP contribution in [-0.4, -0.2) is 72.9 Å². The van der Waals surface area contributed by atoms with E-state index in [9.17, 15) is 49.1 Å². The van der Waals surface area contributed by atoms with Gasteiger partial charge in [0.25, 0.3) is 0 Å². The van der Waals surface area contributed by atoms with Crippen LogP contribution in [0, 0.1) is 29.6 Å². The number of aliphatic carboxylic acids is 1. The highest BCUT2D eigenvalue weighted by molar-refractivity contribution is 7.89. The number of piperidine rings is 1. The van der Waals surface area contributed by atoms with Crippen LogP contribution in [0.5, 0.6) is 0 Å². The third-order valence-electron chi connectivity index (χ3n) is 9.35. The van der Waals surface area contributed by atoms with Crippen LogP contribution in [0.15, 0.2) is 0 Å². The number of carbonyl (C=O) groups is 1. The molecule has 3 saturated carbocycles. The number of carboxylic acid groups (broad SMARTS) is 1. The Bertz CT molecular complexity index is 975. The van der Waals surface area contributed by atoms with Crippen molar-refractivity contribution >= 4 is 16.0 Å². The first-order valence-electron chi connectivity index (χ1n) is 13.7. The van der Waals surface area contributed by atoms with E-state index in [-0.39, 0.29) is 70.4 Å². The van der Waals surface area contributed by atoms with Crippen molar-refractivity contribution in [3.63, 3.8) is 0 Å². The Balaban J connectivity index is 1.47. The van der Waals surface area contributed by atoms with E-state index >= 15 is 0 Å². The van der Waals surface area contributed by atoms with Gasteiger partial charge < -0.3 is 9.84 Å². The predicted octanol–water partition coefficient (Wildman–Crippen LogP) is 5.71. The van der Waals surface area contributed by atoms with E-state index in [1.54, 1.807) is 0 Å². The largest absolute Gasteiger partial charge is 0.481 e. The molecule has 1 heterocycles. The first kappa shape index (κ1) is 30.8. The van der Waals surface area contributed by atoms with E-state index < -0.39 is 82.0 Å². The summed E-state index contributed by atoms with van der Waals surface area (Å²) in [5, 5.41) is 8.37. The molecule has 39 heavy (non-hydrogen) atoms. The first-order chi connectivity index (χ1) is 18.1. The molecule has 14 heteroatoms. The summed E-state index contributed by atoms with van der Waals surface area (Å²) >= 11 is 0. The van der Waals surface area contributed by atoms with Crippen LogP contribution in [0.1, 0.15) is 70.6 Å². The molecule has 9 atom stereocenters. The van der Waals surface area contributed by atoms with Crippen LogP contribution >= 0.6 is 0 Å². The molecule has 9 unspecified atom stereocenters. The van der Waals surface area contributed by atoms with Gasteiger partial charge in [-0.1, -0.05) is 6.42 Å². The monoisotopic (exact) mass is 595 g/mol. The van der Waals surface area contributed by atoms with Crippen molar-refractivity contribution < 1.29 is 53.8 Å². The van der Waals surface area contributed by atoms with E-state index in [4.69, 9.17) is 4.74 Å². The molecule has 1 N–H and O–H groups in total. The van der Waals surface area contributed by atoms with Crippen LogP contribution in [0.4, 0.5) is 30.7 Å². The predicted molar refractivity (Wildman–Crippen MR) is 126 cm³/mol. The summed E-state index contributed by atoms with van der Waals surface area (Å²) in [6.07, 6.45) is -11.2. The Hall–Kier alpha value is -1.15. The van der Waals surface area contributed by atoms with Crippen molar-refractivity contribution in [2.45, 2.75) is 107 Å². The van der Waals surface area contributed by atoms with Crippen LogP contribution in [0.3, 0.4) is 0 Å². The molecular formula is C25H36F7NO5S. The molecule has 1 saturated heterocycles. The summed E-state index contributed by atoms with van der Waals surface area (Å²) in [5.74, 6) is -6.78. The summed E-state index contributed by atoms with van der Waals surface area (Å²) in [4.78, 5) is 11.8. The average molecular weight is 596 g/mol. The molecule has 0 spiro atoms. The van der Waals surface area contributed by atoms with E-state index in [1.165, 1.54) is 0 Å². The summed E-state index contributed by atoms with van der Waals surface area (Å²) in [6.45, 7) is -0.586. The van der Waals surface area contributed by atoms with Gasteiger partial charge in [-0.05, 0) is 70.1 Å². The minimum absolute atomic E-state index is 0.0560. The minimum atomic E-state index is -4.52. The number of ether oxygens (including phenoxy) is 1. The Morgan fingerprint density at radius 1 is 0.872 bits per heavy atom. The molecular weight excluding hydrogens is 559 g/mol. The number of rotatable bonds is 6. The fourth-order valence-corrected chi connectivity index (χ4v) is 9.42. The topological polar surface area (TPSA) is 83.9 Å². The molecule has 0 radical (unpaired) electrons. The maximum absolute atomic E-state index is 14.4. The zero-order chi connectivity index (χ0) is 28.8. The lowest BCUT2D eigenvalue weighted by molar-refractivity contribution is -0.192. The van der Waals surface area contributed by atoms with Gasteiger partial charge in [0, 0.05) is 18.5 Å². The van der Waals surface area contributed by atoms with Crippen molar-refractivity contribution in [2.24, 2.45) is 29.6 Å². The quantitative estimate of drug-likeness (QED) is 0.398. The molecule has 6 nitrogen and oxygen atoms in total. The minimum Gasteiger partial charge on any atom is -0.481 e. The summed E-state index contributed by atoms with van der Waals surface area (Å²) in [5.41, 5.74) is 0. The molecule has 0 aromatic carbocycles. The second-order valence-electron chi connectivity index (χ2n) is 11.8. The van der Waals surface area contributed by atoms with E-state index in [2.05, 4.69) is 0 Å². The van der Waals surface area contributed by atoms with Crippen LogP contribution in [0.25, 0.3) is 0 Å². The summed E-state index contributed by atoms with van der Waals surface area (Å²) in [6, 6.07) is -0.689. The zero-order valence-corrected chi connectivity index (χ0v) is 22.3. The van der Waals surface area contributed by atoms with Crippen LogP contribution in [-0.2, 0) is 19.6 Å². The van der Waals surface area contributed by atoms with Gasteiger partial charge in [-0.15, -0.1) is 0 Å². The first-order valence-corrected chi connectivity index (χ1v) is 15.2. The molecule has 4 fully saturated rings. The standard InChI is InChI=1S/C25H36F7NO5S/c26-21-7-5-18(25(30,31)32)9-16(21)13-38-19-6-4-14-8-15(23(34)35)12-33(22(14)11-19)39(36,37)20-3-1-2-17(10-20)24(27,28)29/h14-22H,1-13H2,(H,34,35). The number of sulfonamides is 1.